The average molecular weight is 225 g/mol. The third kappa shape index (κ3) is 3.31. The van der Waals surface area contributed by atoms with E-state index in [0.29, 0.717) is 6.54 Å². The molecule has 0 amide bonds. The summed E-state index contributed by atoms with van der Waals surface area (Å²) in [5, 5.41) is 11.9. The third-order valence-corrected chi connectivity index (χ3v) is 2.44. The second-order valence-corrected chi connectivity index (χ2v) is 3.71. The van der Waals surface area contributed by atoms with Crippen LogP contribution >= 0.6 is 0 Å². The molecule has 0 radical (unpaired) electrons. The molecule has 0 spiro atoms. The molecule has 1 aromatic rings. The molecule has 1 aromatic carbocycles. The Bertz CT molecular complexity index is 379. The second kappa shape index (κ2) is 5.61. The molecule has 0 aliphatic heterocycles. The van der Waals surface area contributed by atoms with Crippen LogP contribution in [0.5, 0.6) is 0 Å². The molecule has 1 atom stereocenters. The Morgan fingerprint density at radius 1 is 1.56 bits per heavy atom. The molecular formula is C12H16FNO2. The maximum Gasteiger partial charge on any atom is 0.305 e. The van der Waals surface area contributed by atoms with Crippen LogP contribution in [0, 0.1) is 12.7 Å². The first-order valence-corrected chi connectivity index (χ1v) is 5.25. The van der Waals surface area contributed by atoms with Crippen LogP contribution in [0.2, 0.25) is 0 Å². The van der Waals surface area contributed by atoms with Gasteiger partial charge in [0.05, 0.1) is 6.42 Å². The number of rotatable bonds is 5. The number of carboxylic acids is 1. The molecule has 0 aliphatic carbocycles. The molecule has 0 aliphatic rings. The first kappa shape index (κ1) is 12.6. The lowest BCUT2D eigenvalue weighted by molar-refractivity contribution is -0.137. The Hall–Kier alpha value is -1.42. The normalized spacial score (nSPS) is 12.4. The maximum absolute atomic E-state index is 12.9. The van der Waals surface area contributed by atoms with E-state index in [0.717, 1.165) is 11.1 Å². The lowest BCUT2D eigenvalue weighted by Gasteiger charge is -2.18. The summed E-state index contributed by atoms with van der Waals surface area (Å²) in [6.45, 7) is 4.37. The molecular weight excluding hydrogens is 209 g/mol. The van der Waals surface area contributed by atoms with Crippen LogP contribution in [0.3, 0.4) is 0 Å². The number of aryl methyl sites for hydroxylation is 1. The van der Waals surface area contributed by atoms with Crippen LogP contribution < -0.4 is 5.32 Å². The van der Waals surface area contributed by atoms with Crippen LogP contribution in [0.1, 0.15) is 30.5 Å². The van der Waals surface area contributed by atoms with Crippen molar-refractivity contribution in [3.8, 4) is 0 Å². The molecule has 1 unspecified atom stereocenters. The van der Waals surface area contributed by atoms with Gasteiger partial charge in [-0.25, -0.2) is 4.39 Å². The topological polar surface area (TPSA) is 49.3 Å². The van der Waals surface area contributed by atoms with E-state index in [4.69, 9.17) is 5.11 Å². The number of halogens is 1. The Balaban J connectivity index is 2.95. The zero-order chi connectivity index (χ0) is 12.1. The third-order valence-electron chi connectivity index (χ3n) is 2.44. The van der Waals surface area contributed by atoms with E-state index < -0.39 is 5.97 Å². The van der Waals surface area contributed by atoms with Gasteiger partial charge in [-0.15, -0.1) is 0 Å². The Kier molecular flexibility index (Phi) is 4.43. The van der Waals surface area contributed by atoms with Crippen molar-refractivity contribution in [1.29, 1.82) is 0 Å². The quantitative estimate of drug-likeness (QED) is 0.808. The number of nitrogens with one attached hydrogen (secondary N) is 1. The summed E-state index contributed by atoms with van der Waals surface area (Å²) in [6, 6.07) is 4.15. The number of hydrogen-bond donors (Lipinski definition) is 2. The van der Waals surface area contributed by atoms with E-state index in [-0.39, 0.29) is 18.3 Å². The number of carbonyl (C=O) groups is 1. The number of benzene rings is 1. The Morgan fingerprint density at radius 2 is 2.25 bits per heavy atom. The smallest absolute Gasteiger partial charge is 0.305 e. The highest BCUT2D eigenvalue weighted by Crippen LogP contribution is 2.21. The summed E-state index contributed by atoms with van der Waals surface area (Å²) in [5.74, 6) is -1.17. The van der Waals surface area contributed by atoms with Crippen molar-refractivity contribution in [3.05, 3.63) is 35.1 Å². The van der Waals surface area contributed by atoms with Crippen LogP contribution in [0.4, 0.5) is 4.39 Å². The minimum absolute atomic E-state index is 0.000310. The van der Waals surface area contributed by atoms with Gasteiger partial charge in [-0.05, 0) is 36.7 Å². The fourth-order valence-electron chi connectivity index (χ4n) is 1.74. The van der Waals surface area contributed by atoms with E-state index in [2.05, 4.69) is 5.32 Å². The van der Waals surface area contributed by atoms with Gasteiger partial charge in [0, 0.05) is 6.04 Å². The van der Waals surface area contributed by atoms with Crippen molar-refractivity contribution in [2.24, 2.45) is 0 Å². The molecule has 16 heavy (non-hydrogen) atoms. The molecule has 2 N–H and O–H groups in total. The standard InChI is InChI=1S/C12H16FNO2/c1-3-14-11(7-12(15)16)10-5-4-9(13)6-8(10)2/h4-6,11,14H,3,7H2,1-2H3,(H,15,16). The zero-order valence-electron chi connectivity index (χ0n) is 9.46. The van der Waals surface area contributed by atoms with Gasteiger partial charge in [0.1, 0.15) is 5.82 Å². The fourth-order valence-corrected chi connectivity index (χ4v) is 1.74. The number of aliphatic carboxylic acids is 1. The molecule has 0 aromatic heterocycles. The molecule has 1 rings (SSSR count). The lowest BCUT2D eigenvalue weighted by atomic mass is 9.98. The molecule has 3 nitrogen and oxygen atoms in total. The highest BCUT2D eigenvalue weighted by Gasteiger charge is 2.16. The van der Waals surface area contributed by atoms with Crippen molar-refractivity contribution in [1.82, 2.24) is 5.32 Å². The molecule has 0 bridgehead atoms. The van der Waals surface area contributed by atoms with Crippen LogP contribution in [0.15, 0.2) is 18.2 Å². The highest BCUT2D eigenvalue weighted by atomic mass is 19.1. The van der Waals surface area contributed by atoms with E-state index in [1.807, 2.05) is 6.92 Å². The lowest BCUT2D eigenvalue weighted by Crippen LogP contribution is -2.24. The predicted octanol–water partition coefficient (Wildman–Crippen LogP) is 2.26. The van der Waals surface area contributed by atoms with Gasteiger partial charge in [-0.1, -0.05) is 13.0 Å². The Labute approximate surface area is 94.3 Å². The predicted molar refractivity (Wildman–Crippen MR) is 59.8 cm³/mol. The van der Waals surface area contributed by atoms with Gasteiger partial charge in [-0.3, -0.25) is 4.79 Å². The minimum Gasteiger partial charge on any atom is -0.481 e. The molecule has 88 valence electrons. The Morgan fingerprint density at radius 3 is 2.75 bits per heavy atom. The summed E-state index contributed by atoms with van der Waals surface area (Å²) in [7, 11) is 0. The first-order chi connectivity index (χ1) is 7.54. The summed E-state index contributed by atoms with van der Waals surface area (Å²) in [4.78, 5) is 10.7. The summed E-state index contributed by atoms with van der Waals surface area (Å²) in [6.07, 6.45) is 0.000310. The largest absolute Gasteiger partial charge is 0.481 e. The second-order valence-electron chi connectivity index (χ2n) is 3.71. The van der Waals surface area contributed by atoms with E-state index >= 15 is 0 Å². The minimum atomic E-state index is -0.866. The van der Waals surface area contributed by atoms with E-state index in [9.17, 15) is 9.18 Å². The summed E-state index contributed by atoms with van der Waals surface area (Å²) >= 11 is 0. The van der Waals surface area contributed by atoms with Crippen molar-refractivity contribution >= 4 is 5.97 Å². The number of hydrogen-bond acceptors (Lipinski definition) is 2. The van der Waals surface area contributed by atoms with Gasteiger partial charge in [0.2, 0.25) is 0 Å². The average Bonchev–Trinajstić information content (AvgIpc) is 2.16. The first-order valence-electron chi connectivity index (χ1n) is 5.25. The van der Waals surface area contributed by atoms with Gasteiger partial charge in [0.25, 0.3) is 0 Å². The van der Waals surface area contributed by atoms with Crippen molar-refractivity contribution in [2.45, 2.75) is 26.3 Å². The zero-order valence-corrected chi connectivity index (χ0v) is 9.46. The van der Waals surface area contributed by atoms with Crippen molar-refractivity contribution in [3.63, 3.8) is 0 Å². The van der Waals surface area contributed by atoms with Gasteiger partial charge < -0.3 is 10.4 Å². The highest BCUT2D eigenvalue weighted by molar-refractivity contribution is 5.68. The van der Waals surface area contributed by atoms with Crippen LogP contribution in [-0.4, -0.2) is 17.6 Å². The molecule has 0 heterocycles. The van der Waals surface area contributed by atoms with E-state index in [1.165, 1.54) is 12.1 Å². The number of carboxylic acid groups (broad SMARTS) is 1. The summed E-state index contributed by atoms with van der Waals surface area (Å²) < 4.78 is 12.9. The van der Waals surface area contributed by atoms with Crippen LogP contribution in [-0.2, 0) is 4.79 Å². The fraction of sp³-hybridized carbons (Fsp3) is 0.417. The van der Waals surface area contributed by atoms with Gasteiger partial charge in [-0.2, -0.15) is 0 Å². The van der Waals surface area contributed by atoms with Crippen molar-refractivity contribution < 1.29 is 14.3 Å². The van der Waals surface area contributed by atoms with Gasteiger partial charge >= 0.3 is 5.97 Å². The van der Waals surface area contributed by atoms with Gasteiger partial charge in [0.15, 0.2) is 0 Å². The van der Waals surface area contributed by atoms with E-state index in [1.54, 1.807) is 13.0 Å². The molecule has 4 heteroatoms. The monoisotopic (exact) mass is 225 g/mol. The molecule has 0 saturated heterocycles. The molecule has 0 fully saturated rings. The van der Waals surface area contributed by atoms with Crippen molar-refractivity contribution in [2.75, 3.05) is 6.54 Å². The van der Waals surface area contributed by atoms with Crippen LogP contribution in [0.25, 0.3) is 0 Å². The SMILES string of the molecule is CCNC(CC(=O)O)c1ccc(F)cc1C. The molecule has 0 saturated carbocycles. The summed E-state index contributed by atoms with van der Waals surface area (Å²) in [5.41, 5.74) is 1.61. The maximum atomic E-state index is 12.9.